The third kappa shape index (κ3) is 6.22. The predicted octanol–water partition coefficient (Wildman–Crippen LogP) is 6.59. The highest BCUT2D eigenvalue weighted by molar-refractivity contribution is 6.06. The van der Waals surface area contributed by atoms with Crippen molar-refractivity contribution in [3.05, 3.63) is 150 Å². The lowest BCUT2D eigenvalue weighted by Crippen LogP contribution is -2.07. The van der Waals surface area contributed by atoms with Crippen molar-refractivity contribution in [1.29, 1.82) is 0 Å². The summed E-state index contributed by atoms with van der Waals surface area (Å²) >= 11 is 0. The van der Waals surface area contributed by atoms with Crippen LogP contribution in [-0.4, -0.2) is 17.7 Å². The summed E-state index contributed by atoms with van der Waals surface area (Å²) in [6.45, 7) is 0. The van der Waals surface area contributed by atoms with Crippen LogP contribution in [-0.2, 0) is 4.74 Å². The number of rotatable bonds is 6. The summed E-state index contributed by atoms with van der Waals surface area (Å²) in [6.07, 6.45) is 3.06. The standard InChI is InChI=1S/C15H12O2.C15H12O/c16-13(11-7-3-1-4-8-11)15-14(17-15)12-9-5-2-6-10-12;16-15(14-9-5-2-6-10-14)12-11-13-7-3-1-4-8-13/h1-10,14-15H;1-12H/b;12-11+/t14-,15-;/m0./s1. The number of hydrogen-bond acceptors (Lipinski definition) is 3. The maximum absolute atomic E-state index is 12.1. The monoisotopic (exact) mass is 432 g/mol. The Labute approximate surface area is 194 Å². The molecular weight excluding hydrogens is 408 g/mol. The molecule has 5 rings (SSSR count). The molecule has 0 saturated carbocycles. The number of carbonyl (C=O) groups is 2. The van der Waals surface area contributed by atoms with Crippen LogP contribution in [0.3, 0.4) is 0 Å². The molecule has 3 nitrogen and oxygen atoms in total. The zero-order chi connectivity index (χ0) is 22.9. The number of carbonyl (C=O) groups excluding carboxylic acids is 2. The first-order valence-electron chi connectivity index (χ1n) is 10.8. The largest absolute Gasteiger partial charge is 0.356 e. The second-order valence-corrected chi connectivity index (χ2v) is 7.59. The normalized spacial score (nSPS) is 16.5. The van der Waals surface area contributed by atoms with Crippen molar-refractivity contribution in [3.63, 3.8) is 0 Å². The molecule has 0 amide bonds. The van der Waals surface area contributed by atoms with Gasteiger partial charge in [0.05, 0.1) is 0 Å². The molecule has 33 heavy (non-hydrogen) atoms. The van der Waals surface area contributed by atoms with Crippen molar-refractivity contribution >= 4 is 17.6 Å². The van der Waals surface area contributed by atoms with Gasteiger partial charge >= 0.3 is 0 Å². The van der Waals surface area contributed by atoms with Gasteiger partial charge in [0.15, 0.2) is 17.7 Å². The minimum atomic E-state index is -0.306. The third-order valence-corrected chi connectivity index (χ3v) is 5.22. The van der Waals surface area contributed by atoms with E-state index in [1.807, 2.05) is 127 Å². The Morgan fingerprint density at radius 1 is 0.606 bits per heavy atom. The summed E-state index contributed by atoms with van der Waals surface area (Å²) < 4.78 is 5.47. The Balaban J connectivity index is 0.000000157. The van der Waals surface area contributed by atoms with Crippen molar-refractivity contribution in [2.24, 2.45) is 0 Å². The maximum Gasteiger partial charge on any atom is 0.194 e. The molecule has 162 valence electrons. The topological polar surface area (TPSA) is 46.7 Å². The van der Waals surface area contributed by atoms with Crippen LogP contribution in [0.2, 0.25) is 0 Å². The van der Waals surface area contributed by atoms with Crippen molar-refractivity contribution in [1.82, 2.24) is 0 Å². The smallest absolute Gasteiger partial charge is 0.194 e. The molecule has 0 aliphatic carbocycles. The summed E-state index contributed by atoms with van der Waals surface area (Å²) in [5, 5.41) is 0. The molecular formula is C30H24O3. The van der Waals surface area contributed by atoms with E-state index in [0.717, 1.165) is 22.3 Å². The molecule has 1 heterocycles. The van der Waals surface area contributed by atoms with E-state index in [1.165, 1.54) is 0 Å². The zero-order valence-corrected chi connectivity index (χ0v) is 18.1. The Morgan fingerprint density at radius 2 is 1.09 bits per heavy atom. The Kier molecular flexibility index (Phi) is 7.36. The van der Waals surface area contributed by atoms with Gasteiger partial charge in [-0.3, -0.25) is 9.59 Å². The maximum atomic E-state index is 12.1. The molecule has 0 aromatic heterocycles. The number of allylic oxidation sites excluding steroid dienone is 1. The summed E-state index contributed by atoms with van der Waals surface area (Å²) in [6, 6.07) is 38.2. The number of benzene rings is 4. The first-order valence-corrected chi connectivity index (χ1v) is 10.8. The molecule has 2 atom stereocenters. The van der Waals surface area contributed by atoms with E-state index in [1.54, 1.807) is 6.08 Å². The summed E-state index contributed by atoms with van der Waals surface area (Å²) in [4.78, 5) is 23.8. The van der Waals surface area contributed by atoms with Crippen molar-refractivity contribution in [3.8, 4) is 0 Å². The molecule has 0 radical (unpaired) electrons. The highest BCUT2D eigenvalue weighted by Gasteiger charge is 2.45. The van der Waals surface area contributed by atoms with E-state index >= 15 is 0 Å². The molecule has 3 heteroatoms. The Morgan fingerprint density at radius 3 is 1.67 bits per heavy atom. The fourth-order valence-corrected chi connectivity index (χ4v) is 3.41. The van der Waals surface area contributed by atoms with E-state index in [4.69, 9.17) is 4.74 Å². The van der Waals surface area contributed by atoms with Crippen LogP contribution in [0.5, 0.6) is 0 Å². The van der Waals surface area contributed by atoms with Gasteiger partial charge in [-0.25, -0.2) is 0 Å². The summed E-state index contributed by atoms with van der Waals surface area (Å²) in [5.41, 5.74) is 3.54. The van der Waals surface area contributed by atoms with Gasteiger partial charge in [-0.05, 0) is 17.2 Å². The predicted molar refractivity (Wildman–Crippen MR) is 131 cm³/mol. The first-order chi connectivity index (χ1) is 16.2. The van der Waals surface area contributed by atoms with Gasteiger partial charge in [0, 0.05) is 11.1 Å². The van der Waals surface area contributed by atoms with Gasteiger partial charge < -0.3 is 4.74 Å². The summed E-state index contributed by atoms with van der Waals surface area (Å²) in [7, 11) is 0. The highest BCUT2D eigenvalue weighted by Crippen LogP contribution is 2.40. The van der Waals surface area contributed by atoms with E-state index < -0.39 is 0 Å². The molecule has 1 aliphatic heterocycles. The van der Waals surface area contributed by atoms with E-state index in [0.29, 0.717) is 0 Å². The van der Waals surface area contributed by atoms with Gasteiger partial charge in [-0.2, -0.15) is 0 Å². The summed E-state index contributed by atoms with van der Waals surface area (Å²) in [5.74, 6) is 0.101. The lowest BCUT2D eigenvalue weighted by molar-refractivity contribution is 0.0953. The fourth-order valence-electron chi connectivity index (χ4n) is 3.41. The van der Waals surface area contributed by atoms with Gasteiger partial charge in [-0.1, -0.05) is 127 Å². The SMILES string of the molecule is O=C(/C=C/c1ccccc1)c1ccccc1.O=C(c1ccccc1)[C@@H]1O[C@H]1c1ccccc1. The van der Waals surface area contributed by atoms with E-state index in [9.17, 15) is 9.59 Å². The molecule has 0 bridgehead atoms. The minimum absolute atomic E-state index is 0.0319. The minimum Gasteiger partial charge on any atom is -0.356 e. The second kappa shape index (κ2) is 11.0. The van der Waals surface area contributed by atoms with Crippen LogP contribution >= 0.6 is 0 Å². The molecule has 4 aromatic carbocycles. The molecule has 1 aliphatic rings. The lowest BCUT2D eigenvalue weighted by Gasteiger charge is -1.96. The number of hydrogen-bond donors (Lipinski definition) is 0. The van der Waals surface area contributed by atoms with Gasteiger partial charge in [0.1, 0.15) is 6.10 Å². The first kappa shape index (κ1) is 22.1. The second-order valence-electron chi connectivity index (χ2n) is 7.59. The number of ketones is 2. The van der Waals surface area contributed by atoms with Crippen LogP contribution in [0.25, 0.3) is 6.08 Å². The van der Waals surface area contributed by atoms with Gasteiger partial charge in [-0.15, -0.1) is 0 Å². The van der Waals surface area contributed by atoms with Crippen LogP contribution in [0.4, 0.5) is 0 Å². The average molecular weight is 433 g/mol. The van der Waals surface area contributed by atoms with E-state index in [2.05, 4.69) is 0 Å². The van der Waals surface area contributed by atoms with Crippen molar-refractivity contribution in [2.75, 3.05) is 0 Å². The van der Waals surface area contributed by atoms with Gasteiger partial charge in [0.2, 0.25) is 0 Å². The van der Waals surface area contributed by atoms with Gasteiger partial charge in [0.25, 0.3) is 0 Å². The number of ether oxygens (including phenoxy) is 1. The van der Waals surface area contributed by atoms with Crippen LogP contribution in [0.15, 0.2) is 127 Å². The molecule has 1 fully saturated rings. The van der Waals surface area contributed by atoms with Crippen molar-refractivity contribution in [2.45, 2.75) is 12.2 Å². The molecule has 1 saturated heterocycles. The zero-order valence-electron chi connectivity index (χ0n) is 18.1. The van der Waals surface area contributed by atoms with E-state index in [-0.39, 0.29) is 23.8 Å². The van der Waals surface area contributed by atoms with Crippen LogP contribution in [0.1, 0.15) is 37.9 Å². The molecule has 0 unspecified atom stereocenters. The van der Waals surface area contributed by atoms with Crippen LogP contribution in [0, 0.1) is 0 Å². The average Bonchev–Trinajstić information content (AvgIpc) is 3.70. The number of epoxide rings is 1. The Bertz CT molecular complexity index is 1200. The number of Topliss-reactive ketones (excluding diaryl/α,β-unsaturated/α-hetero) is 1. The van der Waals surface area contributed by atoms with Crippen LogP contribution < -0.4 is 0 Å². The highest BCUT2D eigenvalue weighted by atomic mass is 16.6. The lowest BCUT2D eigenvalue weighted by atomic mass is 10.0. The van der Waals surface area contributed by atoms with Crippen molar-refractivity contribution < 1.29 is 14.3 Å². The molecule has 0 N–H and O–H groups in total. The third-order valence-electron chi connectivity index (χ3n) is 5.22. The molecule has 0 spiro atoms. The quantitative estimate of drug-likeness (QED) is 0.196. The Hall–Kier alpha value is -4.08. The fraction of sp³-hybridized carbons (Fsp3) is 0.0667. The molecule has 4 aromatic rings.